The van der Waals surface area contributed by atoms with Crippen molar-refractivity contribution in [2.24, 2.45) is 0 Å². The van der Waals surface area contributed by atoms with Crippen molar-refractivity contribution in [3.63, 3.8) is 0 Å². The Labute approximate surface area is 372 Å². The van der Waals surface area contributed by atoms with Gasteiger partial charge >= 0.3 is 6.03 Å². The molecule has 0 aromatic heterocycles. The zero-order valence-corrected chi connectivity index (χ0v) is 36.3. The summed E-state index contributed by atoms with van der Waals surface area (Å²) in [6.45, 7) is 7.39. The molecule has 8 rings (SSSR count). The minimum absolute atomic E-state index is 0.0229. The molecule has 326 valence electrons. The van der Waals surface area contributed by atoms with Crippen molar-refractivity contribution < 1.29 is 23.2 Å². The van der Waals surface area contributed by atoms with E-state index in [1.54, 1.807) is 54.6 Å². The van der Waals surface area contributed by atoms with Crippen molar-refractivity contribution in [2.75, 3.05) is 43.8 Å². The van der Waals surface area contributed by atoms with Gasteiger partial charge in [0.05, 0.1) is 5.69 Å². The normalized spacial score (nSPS) is 21.0. The van der Waals surface area contributed by atoms with Gasteiger partial charge in [0.1, 0.15) is 11.6 Å². The lowest BCUT2D eigenvalue weighted by atomic mass is 10.1. The van der Waals surface area contributed by atoms with Gasteiger partial charge in [0, 0.05) is 97.9 Å². The number of hydrogen-bond acceptors (Lipinski definition) is 6. The number of hydrogen-bond donors (Lipinski definition) is 3. The van der Waals surface area contributed by atoms with Crippen molar-refractivity contribution in [1.29, 1.82) is 0 Å². The molecule has 0 spiro atoms. The second-order valence-electron chi connectivity index (χ2n) is 16.5. The van der Waals surface area contributed by atoms with Gasteiger partial charge in [0.2, 0.25) is 11.8 Å². The van der Waals surface area contributed by atoms with Crippen LogP contribution in [0.3, 0.4) is 0 Å². The summed E-state index contributed by atoms with van der Waals surface area (Å²) in [6.07, 6.45) is 11.5. The first-order valence-electron chi connectivity index (χ1n) is 21.3. The van der Waals surface area contributed by atoms with Crippen molar-refractivity contribution in [3.8, 4) is 0 Å². The molecule has 4 bridgehead atoms. The third-order valence-corrected chi connectivity index (χ3v) is 12.4. The lowest BCUT2D eigenvalue weighted by Crippen LogP contribution is -2.55. The number of anilines is 2. The molecule has 4 aromatic carbocycles. The molecule has 62 heavy (non-hydrogen) atoms. The van der Waals surface area contributed by atoms with Crippen LogP contribution in [-0.4, -0.2) is 94.3 Å². The number of nitrogens with zero attached hydrogens (tertiary/aromatic N) is 4. The average molecular weight is 885 g/mol. The third kappa shape index (κ3) is 11.6. The number of nitrogens with one attached hydrogen (secondary N) is 2. The number of urea groups is 1. The highest BCUT2D eigenvalue weighted by molar-refractivity contribution is 6.31. The quantitative estimate of drug-likeness (QED) is 0.103. The van der Waals surface area contributed by atoms with Crippen LogP contribution in [-0.2, 0) is 22.7 Å². The van der Waals surface area contributed by atoms with Crippen LogP contribution in [0.15, 0.2) is 97.1 Å². The summed E-state index contributed by atoms with van der Waals surface area (Å²) >= 11 is 12.0. The number of benzene rings is 4. The van der Waals surface area contributed by atoms with Crippen LogP contribution in [0.2, 0.25) is 10.0 Å². The molecule has 14 heteroatoms. The largest absolute Gasteiger partial charge is 0.398 e. The molecule has 4 saturated heterocycles. The Balaban J connectivity index is 0.000000190. The maximum absolute atomic E-state index is 13.2. The lowest BCUT2D eigenvalue weighted by molar-refractivity contribution is -0.132. The van der Waals surface area contributed by atoms with E-state index in [0.29, 0.717) is 33.5 Å². The number of nitrogens with two attached hydrogens (primary N) is 1. The first-order valence-corrected chi connectivity index (χ1v) is 22.0. The van der Waals surface area contributed by atoms with Gasteiger partial charge in [-0.3, -0.25) is 19.4 Å². The average Bonchev–Trinajstić information content (AvgIpc) is 3.68. The van der Waals surface area contributed by atoms with E-state index in [2.05, 4.69) is 20.4 Å². The highest BCUT2D eigenvalue weighted by atomic mass is 35.5. The number of nitrogen functional groups attached to an aromatic ring is 1. The van der Waals surface area contributed by atoms with E-state index in [1.807, 2.05) is 47.1 Å². The molecule has 10 nitrogen and oxygen atoms in total. The van der Waals surface area contributed by atoms with Gasteiger partial charge in [-0.15, -0.1) is 0 Å². The van der Waals surface area contributed by atoms with Gasteiger partial charge in [-0.2, -0.15) is 0 Å². The van der Waals surface area contributed by atoms with Crippen molar-refractivity contribution in [3.05, 3.63) is 141 Å². The zero-order valence-electron chi connectivity index (χ0n) is 34.8. The number of piperazine rings is 2. The minimum Gasteiger partial charge on any atom is -0.398 e. The SMILES string of the molecule is CCCNC(=O)Nc1cc(Cl)ccc1/C=C/C(=O)N1C2CCC1CN(Cc1ccc(F)cc1)C2.Nc1cc(Cl)ccc1/C=C/C(=O)N1C2CCC1CN(Cc1ccc(F)cc1)C2. The number of fused-ring (bicyclic) bond motifs is 4. The molecule has 4 fully saturated rings. The fraction of sp³-hybridized carbons (Fsp3) is 0.354. The maximum atomic E-state index is 13.2. The molecule has 0 aliphatic carbocycles. The van der Waals surface area contributed by atoms with E-state index in [0.717, 1.165) is 88.1 Å². The Kier molecular flexibility index (Phi) is 15.0. The summed E-state index contributed by atoms with van der Waals surface area (Å²) in [7, 11) is 0. The standard InChI is InChI=1S/C26H30ClFN4O2.C22H23ClFN3O/c1-2-13-29-26(34)30-24-14-20(27)7-5-19(24)6-12-25(33)32-22-10-11-23(32)17-31(16-22)15-18-3-8-21(28)9-4-18;23-17-5-3-16(21(25)11-17)4-10-22(28)27-19-8-9-20(27)14-26(13-19)12-15-1-6-18(24)7-2-15/h3-9,12,14,22-23H,2,10-11,13,15-17H2,1H3,(H2,29,30,34);1-7,10-11,19-20H,8-9,12-14,25H2/b12-6+;10-4+. The molecule has 4 aliphatic rings. The first-order chi connectivity index (χ1) is 29.9. The molecule has 0 radical (unpaired) electrons. The van der Waals surface area contributed by atoms with Gasteiger partial charge in [-0.05, 0) is 115 Å². The zero-order chi connectivity index (χ0) is 43.8. The molecular formula is C48H53Cl2F2N7O3. The topological polar surface area (TPSA) is 114 Å². The first kappa shape index (κ1) is 44.8. The second-order valence-corrected chi connectivity index (χ2v) is 17.3. The van der Waals surface area contributed by atoms with Gasteiger partial charge in [-0.25, -0.2) is 13.6 Å². The summed E-state index contributed by atoms with van der Waals surface area (Å²) in [4.78, 5) is 46.8. The number of carbonyl (C=O) groups excluding carboxylic acids is 3. The molecule has 4 aromatic rings. The van der Waals surface area contributed by atoms with Crippen molar-refractivity contribution in [2.45, 2.75) is 76.3 Å². The van der Waals surface area contributed by atoms with Crippen molar-refractivity contribution >= 4 is 64.6 Å². The molecule has 0 saturated carbocycles. The highest BCUT2D eigenvalue weighted by Crippen LogP contribution is 2.33. The van der Waals surface area contributed by atoms with Gasteiger partial charge in [-0.1, -0.05) is 66.5 Å². The summed E-state index contributed by atoms with van der Waals surface area (Å²) < 4.78 is 26.3. The van der Waals surface area contributed by atoms with Crippen LogP contribution in [0.1, 0.15) is 61.3 Å². The van der Waals surface area contributed by atoms with E-state index >= 15 is 0 Å². The van der Waals surface area contributed by atoms with E-state index in [4.69, 9.17) is 28.9 Å². The van der Waals surface area contributed by atoms with Crippen LogP contribution in [0, 0.1) is 11.6 Å². The van der Waals surface area contributed by atoms with Crippen LogP contribution in [0.5, 0.6) is 0 Å². The molecule has 4 N–H and O–H groups in total. The molecule has 4 aliphatic heterocycles. The number of carbonyl (C=O) groups is 3. The van der Waals surface area contributed by atoms with E-state index in [9.17, 15) is 23.2 Å². The Hall–Kier alpha value is -5.27. The van der Waals surface area contributed by atoms with Crippen molar-refractivity contribution in [1.82, 2.24) is 24.9 Å². The number of rotatable bonds is 11. The Morgan fingerprint density at radius 2 is 1.10 bits per heavy atom. The van der Waals surface area contributed by atoms with Crippen LogP contribution in [0.4, 0.5) is 25.0 Å². The molecule has 4 amide bonds. The minimum atomic E-state index is -0.305. The van der Waals surface area contributed by atoms with Crippen LogP contribution in [0.25, 0.3) is 12.2 Å². The Bertz CT molecular complexity index is 2250. The second kappa shape index (κ2) is 20.7. The van der Waals surface area contributed by atoms with Crippen LogP contribution >= 0.6 is 23.2 Å². The lowest BCUT2D eigenvalue weighted by Gasteiger charge is -2.40. The van der Waals surface area contributed by atoms with E-state index in [-0.39, 0.29) is 53.6 Å². The molecular weight excluding hydrogens is 831 g/mol. The predicted octanol–water partition coefficient (Wildman–Crippen LogP) is 8.85. The Morgan fingerprint density at radius 1 is 0.661 bits per heavy atom. The number of halogens is 4. The predicted molar refractivity (Wildman–Crippen MR) is 243 cm³/mol. The summed E-state index contributed by atoms with van der Waals surface area (Å²) in [5, 5.41) is 6.67. The van der Waals surface area contributed by atoms with E-state index in [1.165, 1.54) is 24.3 Å². The van der Waals surface area contributed by atoms with Crippen LogP contribution < -0.4 is 16.4 Å². The summed E-state index contributed by atoms with van der Waals surface area (Å²) in [5.41, 5.74) is 10.8. The fourth-order valence-electron chi connectivity index (χ4n) is 9.03. The third-order valence-electron chi connectivity index (χ3n) is 11.9. The maximum Gasteiger partial charge on any atom is 0.319 e. The van der Waals surface area contributed by atoms with Gasteiger partial charge in [0.15, 0.2) is 0 Å². The smallest absolute Gasteiger partial charge is 0.319 e. The molecule has 4 atom stereocenters. The van der Waals surface area contributed by atoms with Gasteiger partial charge < -0.3 is 26.2 Å². The highest BCUT2D eigenvalue weighted by Gasteiger charge is 2.43. The number of likely N-dealkylation sites (tertiary alicyclic amines) is 2. The summed E-state index contributed by atoms with van der Waals surface area (Å²) in [5.74, 6) is -0.437. The van der Waals surface area contributed by atoms with Gasteiger partial charge in [0.25, 0.3) is 0 Å². The monoisotopic (exact) mass is 883 g/mol. The Morgan fingerprint density at radius 3 is 1.55 bits per heavy atom. The number of amides is 4. The fourth-order valence-corrected chi connectivity index (χ4v) is 9.39. The summed E-state index contributed by atoms with van der Waals surface area (Å²) in [6, 6.07) is 24.2. The van der Waals surface area contributed by atoms with E-state index < -0.39 is 0 Å². The molecule has 4 unspecified atom stereocenters. The molecule has 4 heterocycles.